The summed E-state index contributed by atoms with van der Waals surface area (Å²) in [5.41, 5.74) is 2.37. The highest BCUT2D eigenvalue weighted by molar-refractivity contribution is 5.95. The smallest absolute Gasteiger partial charge is 0.293 e. The van der Waals surface area contributed by atoms with E-state index in [1.165, 1.54) is 13.0 Å². The van der Waals surface area contributed by atoms with E-state index < -0.39 is 4.92 Å². The highest BCUT2D eigenvalue weighted by Crippen LogP contribution is 2.25. The Morgan fingerprint density at radius 3 is 2.43 bits per heavy atom. The largest absolute Gasteiger partial charge is 0.379 e. The molecule has 0 aliphatic heterocycles. The third-order valence-electron chi connectivity index (χ3n) is 3.29. The number of nitrogens with one attached hydrogen (secondary N) is 1. The van der Waals surface area contributed by atoms with Gasteiger partial charge in [0.25, 0.3) is 5.69 Å². The van der Waals surface area contributed by atoms with Gasteiger partial charge >= 0.3 is 0 Å². The quantitative estimate of drug-likeness (QED) is 0.500. The average molecular weight is 314 g/mol. The van der Waals surface area contributed by atoms with E-state index in [1.807, 2.05) is 19.9 Å². The SMILES string of the molecule is CC(=O)c1ccc(NCCc2nc(C)cc(C)n2)c([N+](=O)[O-])c1. The Morgan fingerprint density at radius 1 is 1.22 bits per heavy atom. The number of hydrogen-bond donors (Lipinski definition) is 1. The van der Waals surface area contributed by atoms with Crippen LogP contribution in [-0.2, 0) is 6.42 Å². The van der Waals surface area contributed by atoms with Gasteiger partial charge in [-0.15, -0.1) is 0 Å². The lowest BCUT2D eigenvalue weighted by atomic mass is 10.1. The van der Waals surface area contributed by atoms with Crippen LogP contribution >= 0.6 is 0 Å². The number of hydrogen-bond acceptors (Lipinski definition) is 6. The molecule has 23 heavy (non-hydrogen) atoms. The van der Waals surface area contributed by atoms with Gasteiger partial charge in [-0.2, -0.15) is 0 Å². The molecular weight excluding hydrogens is 296 g/mol. The molecule has 2 rings (SSSR count). The summed E-state index contributed by atoms with van der Waals surface area (Å²) in [6.45, 7) is 5.64. The molecule has 0 radical (unpaired) electrons. The number of nitrogens with zero attached hydrogens (tertiary/aromatic N) is 3. The summed E-state index contributed by atoms with van der Waals surface area (Å²) in [5, 5.41) is 14.2. The van der Waals surface area contributed by atoms with Crippen molar-refractivity contribution in [2.75, 3.05) is 11.9 Å². The van der Waals surface area contributed by atoms with E-state index in [-0.39, 0.29) is 11.5 Å². The minimum Gasteiger partial charge on any atom is -0.379 e. The van der Waals surface area contributed by atoms with Crippen molar-refractivity contribution in [3.63, 3.8) is 0 Å². The third-order valence-corrected chi connectivity index (χ3v) is 3.29. The molecule has 0 atom stereocenters. The lowest BCUT2D eigenvalue weighted by Crippen LogP contribution is -2.10. The number of Topliss-reactive ketones (excluding diaryl/α,β-unsaturated/α-hetero) is 1. The van der Waals surface area contributed by atoms with Crippen molar-refractivity contribution >= 4 is 17.2 Å². The first-order chi connectivity index (χ1) is 10.9. The van der Waals surface area contributed by atoms with Crippen molar-refractivity contribution in [1.82, 2.24) is 9.97 Å². The first-order valence-electron chi connectivity index (χ1n) is 7.21. The van der Waals surface area contributed by atoms with Gasteiger partial charge < -0.3 is 5.32 Å². The second-order valence-corrected chi connectivity index (χ2v) is 5.29. The minimum atomic E-state index is -0.498. The van der Waals surface area contributed by atoms with E-state index in [2.05, 4.69) is 15.3 Å². The molecule has 0 spiro atoms. The number of aromatic nitrogens is 2. The van der Waals surface area contributed by atoms with Crippen molar-refractivity contribution in [3.05, 3.63) is 57.2 Å². The van der Waals surface area contributed by atoms with Gasteiger partial charge in [-0.3, -0.25) is 14.9 Å². The van der Waals surface area contributed by atoms with Gasteiger partial charge in [-0.25, -0.2) is 9.97 Å². The van der Waals surface area contributed by atoms with Gasteiger partial charge in [-0.1, -0.05) is 0 Å². The number of carbonyl (C=O) groups excluding carboxylic acids is 1. The fourth-order valence-corrected chi connectivity index (χ4v) is 2.27. The van der Waals surface area contributed by atoms with Gasteiger partial charge in [0.2, 0.25) is 0 Å². The molecule has 120 valence electrons. The average Bonchev–Trinajstić information content (AvgIpc) is 2.46. The molecule has 1 heterocycles. The molecule has 0 amide bonds. The molecule has 1 aromatic heterocycles. The van der Waals surface area contributed by atoms with Gasteiger partial charge in [0.15, 0.2) is 5.78 Å². The van der Waals surface area contributed by atoms with Crippen LogP contribution in [0.25, 0.3) is 0 Å². The summed E-state index contributed by atoms with van der Waals surface area (Å²) in [6, 6.07) is 6.31. The standard InChI is InChI=1S/C16H18N4O3/c1-10-8-11(2)19-16(18-10)6-7-17-14-5-4-13(12(3)21)9-15(14)20(22)23/h4-5,8-9,17H,6-7H2,1-3H3. The van der Waals surface area contributed by atoms with Crippen LogP contribution in [0.3, 0.4) is 0 Å². The number of rotatable bonds is 6. The Balaban J connectivity index is 2.10. The molecule has 0 fully saturated rings. The summed E-state index contributed by atoms with van der Waals surface area (Å²) in [6.07, 6.45) is 0.550. The van der Waals surface area contributed by atoms with Gasteiger partial charge in [0, 0.05) is 36.0 Å². The predicted molar refractivity (Wildman–Crippen MR) is 86.8 cm³/mol. The Kier molecular flexibility index (Phi) is 5.00. The maximum Gasteiger partial charge on any atom is 0.293 e. The molecule has 2 aromatic rings. The van der Waals surface area contributed by atoms with Crippen molar-refractivity contribution in [2.45, 2.75) is 27.2 Å². The molecule has 0 aliphatic rings. The Labute approximate surface area is 133 Å². The second kappa shape index (κ2) is 6.95. The van der Waals surface area contributed by atoms with Crippen LogP contribution in [0.4, 0.5) is 11.4 Å². The maximum atomic E-state index is 11.3. The maximum absolute atomic E-state index is 11.3. The van der Waals surface area contributed by atoms with Gasteiger partial charge in [0.1, 0.15) is 11.5 Å². The van der Waals surface area contributed by atoms with E-state index in [0.717, 1.165) is 11.4 Å². The second-order valence-electron chi connectivity index (χ2n) is 5.29. The minimum absolute atomic E-state index is 0.112. The number of nitro groups is 1. The van der Waals surface area contributed by atoms with Crippen molar-refractivity contribution < 1.29 is 9.72 Å². The number of nitro benzene ring substituents is 1. The molecule has 7 nitrogen and oxygen atoms in total. The fraction of sp³-hybridized carbons (Fsp3) is 0.312. The molecule has 0 unspecified atom stereocenters. The normalized spacial score (nSPS) is 10.4. The lowest BCUT2D eigenvalue weighted by molar-refractivity contribution is -0.384. The molecule has 0 bridgehead atoms. The molecule has 0 aliphatic carbocycles. The number of anilines is 1. The summed E-state index contributed by atoms with van der Waals surface area (Å²) < 4.78 is 0. The first-order valence-corrected chi connectivity index (χ1v) is 7.21. The lowest BCUT2D eigenvalue weighted by Gasteiger charge is -2.08. The highest BCUT2D eigenvalue weighted by atomic mass is 16.6. The Hall–Kier alpha value is -2.83. The summed E-state index contributed by atoms with van der Waals surface area (Å²) in [4.78, 5) is 30.6. The Bertz CT molecular complexity index is 739. The third kappa shape index (κ3) is 4.32. The topological polar surface area (TPSA) is 98.0 Å². The summed E-state index contributed by atoms with van der Waals surface area (Å²) in [7, 11) is 0. The number of ketones is 1. The van der Waals surface area contributed by atoms with E-state index in [1.54, 1.807) is 12.1 Å². The monoisotopic (exact) mass is 314 g/mol. The van der Waals surface area contributed by atoms with E-state index in [4.69, 9.17) is 0 Å². The molecule has 1 N–H and O–H groups in total. The Morgan fingerprint density at radius 2 is 1.87 bits per heavy atom. The zero-order chi connectivity index (χ0) is 17.0. The van der Waals surface area contributed by atoms with E-state index in [9.17, 15) is 14.9 Å². The van der Waals surface area contributed by atoms with Crippen LogP contribution < -0.4 is 5.32 Å². The van der Waals surface area contributed by atoms with Crippen molar-refractivity contribution in [2.24, 2.45) is 0 Å². The van der Waals surface area contributed by atoms with Gasteiger partial charge in [0.05, 0.1) is 4.92 Å². The van der Waals surface area contributed by atoms with E-state index in [0.29, 0.717) is 30.0 Å². The fourth-order valence-electron chi connectivity index (χ4n) is 2.27. The van der Waals surface area contributed by atoms with Crippen LogP contribution in [0.1, 0.15) is 34.5 Å². The number of benzene rings is 1. The molecular formula is C16H18N4O3. The molecule has 7 heteroatoms. The zero-order valence-electron chi connectivity index (χ0n) is 13.3. The van der Waals surface area contributed by atoms with Crippen LogP contribution in [0.5, 0.6) is 0 Å². The van der Waals surface area contributed by atoms with Crippen LogP contribution in [0, 0.1) is 24.0 Å². The molecule has 1 aromatic carbocycles. The summed E-state index contributed by atoms with van der Waals surface area (Å²) >= 11 is 0. The zero-order valence-corrected chi connectivity index (χ0v) is 13.3. The van der Waals surface area contributed by atoms with Crippen LogP contribution in [-0.4, -0.2) is 27.2 Å². The van der Waals surface area contributed by atoms with Crippen molar-refractivity contribution in [3.8, 4) is 0 Å². The van der Waals surface area contributed by atoms with Crippen LogP contribution in [0.15, 0.2) is 24.3 Å². The van der Waals surface area contributed by atoms with E-state index >= 15 is 0 Å². The van der Waals surface area contributed by atoms with Gasteiger partial charge in [-0.05, 0) is 39.0 Å². The van der Waals surface area contributed by atoms with Crippen molar-refractivity contribution in [1.29, 1.82) is 0 Å². The predicted octanol–water partition coefficient (Wildman–Crippen LogP) is 2.86. The number of carbonyl (C=O) groups is 1. The highest BCUT2D eigenvalue weighted by Gasteiger charge is 2.16. The summed E-state index contributed by atoms with van der Waals surface area (Å²) in [5.74, 6) is 0.487. The molecule has 0 saturated heterocycles. The van der Waals surface area contributed by atoms with Crippen LogP contribution in [0.2, 0.25) is 0 Å². The first kappa shape index (κ1) is 16.5. The molecule has 0 saturated carbocycles. The number of aryl methyl sites for hydroxylation is 2.